The molecule has 0 fully saturated rings. The zero-order chi connectivity index (χ0) is 14.9. The summed E-state index contributed by atoms with van der Waals surface area (Å²) in [5, 5.41) is 8.25. The lowest BCUT2D eigenvalue weighted by Crippen LogP contribution is -2.12. The molecule has 0 amide bonds. The highest BCUT2D eigenvalue weighted by Gasteiger charge is 2.26. The van der Waals surface area contributed by atoms with Crippen molar-refractivity contribution in [1.29, 1.82) is 0 Å². The SMILES string of the molecule is CN(C)c1ccc2oc(C(CC(=O)O)C(=O)S)nc2c1. The first-order valence-corrected chi connectivity index (χ1v) is 6.35. The minimum Gasteiger partial charge on any atom is -0.481 e. The maximum atomic E-state index is 11.4. The van der Waals surface area contributed by atoms with Gasteiger partial charge in [-0.3, -0.25) is 9.59 Å². The van der Waals surface area contributed by atoms with Gasteiger partial charge in [0.25, 0.3) is 0 Å². The zero-order valence-corrected chi connectivity index (χ0v) is 11.9. The third kappa shape index (κ3) is 2.93. The van der Waals surface area contributed by atoms with Crippen LogP contribution in [0.5, 0.6) is 0 Å². The number of fused-ring (bicyclic) bond motifs is 1. The van der Waals surface area contributed by atoms with Gasteiger partial charge in [-0.25, -0.2) is 4.98 Å². The van der Waals surface area contributed by atoms with Gasteiger partial charge in [0.1, 0.15) is 11.4 Å². The molecule has 0 aliphatic rings. The normalized spacial score (nSPS) is 12.3. The number of carboxylic acid groups (broad SMARTS) is 1. The van der Waals surface area contributed by atoms with E-state index >= 15 is 0 Å². The second kappa shape index (κ2) is 5.54. The van der Waals surface area contributed by atoms with Crippen molar-refractivity contribution >= 4 is 40.5 Å². The van der Waals surface area contributed by atoms with Crippen LogP contribution in [0.4, 0.5) is 5.69 Å². The standard InChI is InChI=1S/C13H14N2O4S/c1-15(2)7-3-4-10-9(5-7)14-12(19-10)8(13(18)20)6-11(16)17/h3-5,8H,6H2,1-2H3,(H,16,17)(H,18,20). The molecular weight excluding hydrogens is 280 g/mol. The minimum absolute atomic E-state index is 0.0818. The van der Waals surface area contributed by atoms with Gasteiger partial charge >= 0.3 is 5.97 Å². The monoisotopic (exact) mass is 294 g/mol. The van der Waals surface area contributed by atoms with E-state index in [1.165, 1.54) is 0 Å². The first-order chi connectivity index (χ1) is 9.38. The molecule has 0 aliphatic carbocycles. The van der Waals surface area contributed by atoms with Crippen molar-refractivity contribution in [2.75, 3.05) is 19.0 Å². The molecule has 106 valence electrons. The summed E-state index contributed by atoms with van der Waals surface area (Å²) < 4.78 is 5.46. The highest BCUT2D eigenvalue weighted by Crippen LogP contribution is 2.28. The third-order valence-electron chi connectivity index (χ3n) is 2.88. The van der Waals surface area contributed by atoms with E-state index in [1.807, 2.05) is 31.1 Å². The van der Waals surface area contributed by atoms with E-state index < -0.39 is 23.4 Å². The van der Waals surface area contributed by atoms with Gasteiger partial charge in [0.05, 0.1) is 6.42 Å². The third-order valence-corrected chi connectivity index (χ3v) is 3.19. The van der Waals surface area contributed by atoms with Crippen LogP contribution in [0.1, 0.15) is 18.2 Å². The Morgan fingerprint density at radius 1 is 1.45 bits per heavy atom. The first kappa shape index (κ1) is 14.4. The van der Waals surface area contributed by atoms with Crippen LogP contribution in [-0.4, -0.2) is 35.3 Å². The van der Waals surface area contributed by atoms with Gasteiger partial charge in [-0.1, -0.05) is 0 Å². The molecule has 1 atom stereocenters. The van der Waals surface area contributed by atoms with Crippen LogP contribution in [-0.2, 0) is 9.59 Å². The van der Waals surface area contributed by atoms with Crippen LogP contribution in [0, 0.1) is 0 Å². The molecule has 1 unspecified atom stereocenters. The average molecular weight is 294 g/mol. The Hall–Kier alpha value is -2.02. The van der Waals surface area contributed by atoms with Gasteiger partial charge in [-0.2, -0.15) is 0 Å². The lowest BCUT2D eigenvalue weighted by atomic mass is 10.1. The molecule has 0 bridgehead atoms. The van der Waals surface area contributed by atoms with E-state index in [2.05, 4.69) is 17.6 Å². The van der Waals surface area contributed by atoms with Crippen molar-refractivity contribution in [3.05, 3.63) is 24.1 Å². The van der Waals surface area contributed by atoms with Gasteiger partial charge < -0.3 is 14.4 Å². The fraction of sp³-hybridized carbons (Fsp3) is 0.308. The maximum absolute atomic E-state index is 11.4. The molecule has 0 radical (unpaired) electrons. The summed E-state index contributed by atoms with van der Waals surface area (Å²) in [4.78, 5) is 28.3. The van der Waals surface area contributed by atoms with Crippen molar-refractivity contribution in [2.45, 2.75) is 12.3 Å². The highest BCUT2D eigenvalue weighted by molar-refractivity contribution is 7.96. The number of rotatable bonds is 5. The predicted octanol–water partition coefficient (Wildman–Crippen LogP) is 1.91. The average Bonchev–Trinajstić information content (AvgIpc) is 2.77. The molecule has 0 saturated heterocycles. The number of anilines is 1. The number of carboxylic acids is 1. The van der Waals surface area contributed by atoms with E-state index in [0.29, 0.717) is 11.1 Å². The first-order valence-electron chi connectivity index (χ1n) is 5.91. The lowest BCUT2D eigenvalue weighted by molar-refractivity contribution is -0.138. The Bertz CT molecular complexity index is 665. The molecule has 2 rings (SSSR count). The van der Waals surface area contributed by atoms with Crippen molar-refractivity contribution in [1.82, 2.24) is 4.98 Å². The quantitative estimate of drug-likeness (QED) is 0.820. The molecule has 0 aliphatic heterocycles. The Balaban J connectivity index is 2.43. The summed E-state index contributed by atoms with van der Waals surface area (Å²) in [5.41, 5.74) is 2.02. The number of benzene rings is 1. The molecule has 1 heterocycles. The van der Waals surface area contributed by atoms with Gasteiger partial charge in [0, 0.05) is 19.8 Å². The molecule has 2 aromatic rings. The van der Waals surface area contributed by atoms with Crippen LogP contribution in [0.15, 0.2) is 22.6 Å². The highest BCUT2D eigenvalue weighted by atomic mass is 32.1. The van der Waals surface area contributed by atoms with Crippen molar-refractivity contribution in [3.63, 3.8) is 0 Å². The van der Waals surface area contributed by atoms with Crippen LogP contribution < -0.4 is 4.90 Å². The van der Waals surface area contributed by atoms with Crippen LogP contribution in [0.25, 0.3) is 11.1 Å². The Labute approximate surface area is 120 Å². The number of hydrogen-bond acceptors (Lipinski definition) is 5. The van der Waals surface area contributed by atoms with E-state index in [9.17, 15) is 9.59 Å². The van der Waals surface area contributed by atoms with Crippen LogP contribution in [0.3, 0.4) is 0 Å². The summed E-state index contributed by atoms with van der Waals surface area (Å²) in [6, 6.07) is 5.40. The number of carbonyl (C=O) groups excluding carboxylic acids is 1. The molecule has 1 aromatic carbocycles. The van der Waals surface area contributed by atoms with Crippen molar-refractivity contribution < 1.29 is 19.1 Å². The number of hydrogen-bond donors (Lipinski definition) is 2. The fourth-order valence-corrected chi connectivity index (χ4v) is 2.02. The van der Waals surface area contributed by atoms with E-state index in [4.69, 9.17) is 9.52 Å². The number of thiol groups is 1. The Morgan fingerprint density at radius 2 is 2.15 bits per heavy atom. The zero-order valence-electron chi connectivity index (χ0n) is 11.0. The van der Waals surface area contributed by atoms with Crippen LogP contribution >= 0.6 is 12.6 Å². The number of nitrogens with zero attached hydrogens (tertiary/aromatic N) is 2. The van der Waals surface area contributed by atoms with Gasteiger partial charge in [-0.05, 0) is 18.2 Å². The smallest absolute Gasteiger partial charge is 0.304 e. The molecule has 1 N–H and O–H groups in total. The lowest BCUT2D eigenvalue weighted by Gasteiger charge is -2.10. The van der Waals surface area contributed by atoms with Crippen molar-refractivity contribution in [3.8, 4) is 0 Å². The predicted molar refractivity (Wildman–Crippen MR) is 77.3 cm³/mol. The molecule has 7 heteroatoms. The van der Waals surface area contributed by atoms with Gasteiger partial charge in [0.15, 0.2) is 10.7 Å². The Morgan fingerprint density at radius 3 is 2.70 bits per heavy atom. The molecule has 0 spiro atoms. The Kier molecular flexibility index (Phi) is 3.99. The number of aliphatic carboxylic acids is 1. The number of carbonyl (C=O) groups is 2. The number of aromatic nitrogens is 1. The van der Waals surface area contributed by atoms with E-state index in [-0.39, 0.29) is 5.89 Å². The molecule has 1 aromatic heterocycles. The molecule has 20 heavy (non-hydrogen) atoms. The topological polar surface area (TPSA) is 83.6 Å². The van der Waals surface area contributed by atoms with Gasteiger partial charge in [0.2, 0.25) is 5.89 Å². The summed E-state index contributed by atoms with van der Waals surface area (Å²) in [6.45, 7) is 0. The fourth-order valence-electron chi connectivity index (χ4n) is 1.82. The molecular formula is C13H14N2O4S. The number of oxazole rings is 1. The molecule has 0 saturated carbocycles. The minimum atomic E-state index is -1.10. The summed E-state index contributed by atoms with van der Waals surface area (Å²) in [7, 11) is 3.79. The second-order valence-corrected chi connectivity index (χ2v) is 5.03. The van der Waals surface area contributed by atoms with Crippen molar-refractivity contribution in [2.24, 2.45) is 0 Å². The summed E-state index contributed by atoms with van der Waals surface area (Å²) in [5.74, 6) is -2.00. The second-order valence-electron chi connectivity index (χ2n) is 4.59. The summed E-state index contributed by atoms with van der Waals surface area (Å²) in [6.07, 6.45) is -0.393. The largest absolute Gasteiger partial charge is 0.481 e. The summed E-state index contributed by atoms with van der Waals surface area (Å²) >= 11 is 3.70. The molecule has 6 nitrogen and oxygen atoms in total. The van der Waals surface area contributed by atoms with Gasteiger partial charge in [-0.15, -0.1) is 12.6 Å². The van der Waals surface area contributed by atoms with Crippen LogP contribution in [0.2, 0.25) is 0 Å². The van der Waals surface area contributed by atoms with E-state index in [1.54, 1.807) is 6.07 Å². The van der Waals surface area contributed by atoms with E-state index in [0.717, 1.165) is 5.69 Å². The maximum Gasteiger partial charge on any atom is 0.304 e.